The second-order valence-electron chi connectivity index (χ2n) is 6.11. The van der Waals surface area contributed by atoms with Crippen molar-refractivity contribution in [3.05, 3.63) is 28.8 Å². The summed E-state index contributed by atoms with van der Waals surface area (Å²) in [5.41, 5.74) is 6.54. The number of nitrogen functional groups attached to an aromatic ring is 1. The highest BCUT2D eigenvalue weighted by Gasteiger charge is 2.16. The molecule has 1 aromatic carbocycles. The van der Waals surface area contributed by atoms with E-state index in [0.717, 1.165) is 5.56 Å². The van der Waals surface area contributed by atoms with E-state index < -0.39 is 11.7 Å². The number of rotatable bonds is 7. The van der Waals surface area contributed by atoms with Gasteiger partial charge in [0.2, 0.25) is 5.91 Å². The number of benzene rings is 1. The van der Waals surface area contributed by atoms with Gasteiger partial charge in [0.25, 0.3) is 0 Å². The molecule has 0 aromatic heterocycles. The maximum absolute atomic E-state index is 11.5. The Morgan fingerprint density at radius 2 is 1.96 bits per heavy atom. The molecule has 4 N–H and O–H groups in total. The van der Waals surface area contributed by atoms with E-state index in [9.17, 15) is 9.59 Å². The molecule has 0 saturated carbocycles. The summed E-state index contributed by atoms with van der Waals surface area (Å²) in [5, 5.41) is 5.47. The van der Waals surface area contributed by atoms with E-state index in [-0.39, 0.29) is 19.2 Å². The second-order valence-corrected chi connectivity index (χ2v) is 6.52. The number of carbonyl (C=O) groups is 2. The summed E-state index contributed by atoms with van der Waals surface area (Å²) in [6, 6.07) is 5.29. The largest absolute Gasteiger partial charge is 0.444 e. The van der Waals surface area contributed by atoms with Crippen molar-refractivity contribution < 1.29 is 19.1 Å². The SMILES string of the molecule is CC(C)(C)OC(=O)NCC(=O)NCOCCc1ccc(N)cc1Cl. The molecule has 0 spiro atoms. The molecule has 0 aliphatic rings. The van der Waals surface area contributed by atoms with Crippen LogP contribution in [0.2, 0.25) is 5.02 Å². The number of ether oxygens (including phenoxy) is 2. The molecule has 0 heterocycles. The van der Waals surface area contributed by atoms with Crippen molar-refractivity contribution in [1.29, 1.82) is 0 Å². The zero-order valence-corrected chi connectivity index (χ0v) is 14.9. The number of anilines is 1. The Morgan fingerprint density at radius 1 is 1.25 bits per heavy atom. The van der Waals surface area contributed by atoms with Crippen molar-refractivity contribution >= 4 is 29.3 Å². The van der Waals surface area contributed by atoms with E-state index in [0.29, 0.717) is 23.7 Å². The van der Waals surface area contributed by atoms with Gasteiger partial charge in [-0.1, -0.05) is 17.7 Å². The second kappa shape index (κ2) is 9.34. The van der Waals surface area contributed by atoms with Gasteiger partial charge in [-0.2, -0.15) is 0 Å². The van der Waals surface area contributed by atoms with Crippen LogP contribution in [0.3, 0.4) is 0 Å². The topological polar surface area (TPSA) is 103 Å². The summed E-state index contributed by atoms with van der Waals surface area (Å²) in [5.74, 6) is -0.369. The minimum Gasteiger partial charge on any atom is -0.444 e. The molecule has 0 unspecified atom stereocenters. The van der Waals surface area contributed by atoms with Gasteiger partial charge in [-0.3, -0.25) is 4.79 Å². The molecule has 1 rings (SSSR count). The Hall–Kier alpha value is -1.99. The lowest BCUT2D eigenvalue weighted by Crippen LogP contribution is -2.40. The lowest BCUT2D eigenvalue weighted by molar-refractivity contribution is -0.122. The first-order chi connectivity index (χ1) is 11.2. The quantitative estimate of drug-likeness (QED) is 0.394. The van der Waals surface area contributed by atoms with E-state index >= 15 is 0 Å². The molecule has 0 radical (unpaired) electrons. The van der Waals surface area contributed by atoms with E-state index in [4.69, 9.17) is 26.8 Å². The Balaban J connectivity index is 2.14. The molecule has 0 bridgehead atoms. The van der Waals surface area contributed by atoms with Crippen molar-refractivity contribution in [1.82, 2.24) is 10.6 Å². The Labute approximate surface area is 146 Å². The number of halogens is 1. The van der Waals surface area contributed by atoms with E-state index in [1.54, 1.807) is 32.9 Å². The summed E-state index contributed by atoms with van der Waals surface area (Å²) in [7, 11) is 0. The molecule has 0 fully saturated rings. The van der Waals surface area contributed by atoms with Crippen LogP contribution in [0.4, 0.5) is 10.5 Å². The van der Waals surface area contributed by atoms with Gasteiger partial charge in [-0.05, 0) is 44.9 Å². The molecule has 0 aliphatic carbocycles. The Bertz CT molecular complexity index is 573. The molecule has 8 heteroatoms. The van der Waals surface area contributed by atoms with Gasteiger partial charge in [0, 0.05) is 10.7 Å². The summed E-state index contributed by atoms with van der Waals surface area (Å²) >= 11 is 6.05. The van der Waals surface area contributed by atoms with Crippen LogP contribution < -0.4 is 16.4 Å². The molecule has 0 saturated heterocycles. The average Bonchev–Trinajstić information content (AvgIpc) is 2.45. The lowest BCUT2D eigenvalue weighted by Gasteiger charge is -2.19. The number of hydrogen-bond acceptors (Lipinski definition) is 5. The number of alkyl carbamates (subject to hydrolysis) is 1. The fraction of sp³-hybridized carbons (Fsp3) is 0.500. The van der Waals surface area contributed by atoms with Crippen molar-refractivity contribution in [3.63, 3.8) is 0 Å². The van der Waals surface area contributed by atoms with Crippen LogP contribution in [0.1, 0.15) is 26.3 Å². The van der Waals surface area contributed by atoms with Crippen LogP contribution in [0.25, 0.3) is 0 Å². The highest BCUT2D eigenvalue weighted by atomic mass is 35.5. The summed E-state index contributed by atoms with van der Waals surface area (Å²) in [6.07, 6.45) is -0.0397. The van der Waals surface area contributed by atoms with Crippen LogP contribution in [0, 0.1) is 0 Å². The van der Waals surface area contributed by atoms with Crippen molar-refractivity contribution in [2.75, 3.05) is 25.6 Å². The first-order valence-electron chi connectivity index (χ1n) is 7.52. The van der Waals surface area contributed by atoms with Gasteiger partial charge in [-0.15, -0.1) is 0 Å². The molecule has 1 aromatic rings. The molecular formula is C16H24ClN3O4. The van der Waals surface area contributed by atoms with Crippen LogP contribution in [-0.2, 0) is 20.7 Å². The fourth-order valence-corrected chi connectivity index (χ4v) is 1.96. The third kappa shape index (κ3) is 8.59. The summed E-state index contributed by atoms with van der Waals surface area (Å²) in [4.78, 5) is 22.9. The normalized spacial score (nSPS) is 11.0. The molecule has 0 atom stereocenters. The smallest absolute Gasteiger partial charge is 0.408 e. The molecule has 24 heavy (non-hydrogen) atoms. The zero-order chi connectivity index (χ0) is 18.2. The van der Waals surface area contributed by atoms with Gasteiger partial charge in [0.1, 0.15) is 18.9 Å². The van der Waals surface area contributed by atoms with Crippen molar-refractivity contribution in [2.45, 2.75) is 32.8 Å². The van der Waals surface area contributed by atoms with E-state index in [1.165, 1.54) is 0 Å². The summed E-state index contributed by atoms with van der Waals surface area (Å²) < 4.78 is 10.3. The molecule has 2 amide bonds. The van der Waals surface area contributed by atoms with Gasteiger partial charge >= 0.3 is 6.09 Å². The standard InChI is InChI=1S/C16H24ClN3O4/c1-16(2,3)24-15(22)19-9-14(21)20-10-23-7-6-11-4-5-12(18)8-13(11)17/h4-5,8H,6-7,9-10,18H2,1-3H3,(H,19,22)(H,20,21). The maximum Gasteiger partial charge on any atom is 0.408 e. The van der Waals surface area contributed by atoms with Gasteiger partial charge < -0.3 is 25.8 Å². The highest BCUT2D eigenvalue weighted by Crippen LogP contribution is 2.19. The first kappa shape index (κ1) is 20.1. The Kier molecular flexibility index (Phi) is 7.81. The van der Waals surface area contributed by atoms with E-state index in [2.05, 4.69) is 10.6 Å². The average molecular weight is 358 g/mol. The number of carbonyl (C=O) groups excluding carboxylic acids is 2. The molecule has 134 valence electrons. The minimum atomic E-state index is -0.642. The molecule has 7 nitrogen and oxygen atoms in total. The van der Waals surface area contributed by atoms with Crippen LogP contribution in [0.15, 0.2) is 18.2 Å². The third-order valence-corrected chi connectivity index (χ3v) is 3.11. The predicted octanol–water partition coefficient (Wildman–Crippen LogP) is 2.08. The monoisotopic (exact) mass is 357 g/mol. The maximum atomic E-state index is 11.5. The fourth-order valence-electron chi connectivity index (χ4n) is 1.68. The molecular weight excluding hydrogens is 334 g/mol. The van der Waals surface area contributed by atoms with Gasteiger partial charge in [0.05, 0.1) is 6.61 Å². The third-order valence-electron chi connectivity index (χ3n) is 2.76. The predicted molar refractivity (Wildman–Crippen MR) is 92.8 cm³/mol. The van der Waals surface area contributed by atoms with E-state index in [1.807, 2.05) is 6.07 Å². The van der Waals surface area contributed by atoms with Crippen LogP contribution >= 0.6 is 11.6 Å². The minimum absolute atomic E-state index is 0.0431. The number of nitrogens with two attached hydrogens (primary N) is 1. The Morgan fingerprint density at radius 3 is 2.58 bits per heavy atom. The lowest BCUT2D eigenvalue weighted by atomic mass is 10.1. The van der Waals surface area contributed by atoms with Gasteiger partial charge in [0.15, 0.2) is 0 Å². The summed E-state index contributed by atoms with van der Waals surface area (Å²) in [6.45, 7) is 5.49. The number of hydrogen-bond donors (Lipinski definition) is 3. The van der Waals surface area contributed by atoms with Crippen molar-refractivity contribution in [2.24, 2.45) is 0 Å². The number of amides is 2. The van der Waals surface area contributed by atoms with Crippen molar-refractivity contribution in [3.8, 4) is 0 Å². The van der Waals surface area contributed by atoms with Crippen LogP contribution in [-0.4, -0.2) is 37.5 Å². The molecule has 0 aliphatic heterocycles. The highest BCUT2D eigenvalue weighted by molar-refractivity contribution is 6.31. The zero-order valence-electron chi connectivity index (χ0n) is 14.1. The van der Waals surface area contributed by atoms with Crippen LogP contribution in [0.5, 0.6) is 0 Å². The first-order valence-corrected chi connectivity index (χ1v) is 7.90. The van der Waals surface area contributed by atoms with Gasteiger partial charge in [-0.25, -0.2) is 4.79 Å². The number of nitrogens with one attached hydrogen (secondary N) is 2.